The second kappa shape index (κ2) is 11.9. The molecule has 0 aliphatic rings. The number of amides is 1. The number of hydrogen-bond donors (Lipinski definition) is 3. The smallest absolute Gasteiger partial charge is 0.326 e. The Labute approximate surface area is 236 Å². The molecule has 1 aromatic heterocycles. The molecule has 0 fully saturated rings. The summed E-state index contributed by atoms with van der Waals surface area (Å²) in [7, 11) is 0. The van der Waals surface area contributed by atoms with Crippen LogP contribution < -0.4 is 5.32 Å². The second-order valence-corrected chi connectivity index (χ2v) is 10.7. The summed E-state index contributed by atoms with van der Waals surface area (Å²) in [6.45, 7) is 2.01. The van der Waals surface area contributed by atoms with Crippen LogP contribution >= 0.6 is 11.3 Å². The lowest BCUT2D eigenvalue weighted by Crippen LogP contribution is -2.42. The average molecular weight is 546 g/mol. The highest BCUT2D eigenvalue weighted by Crippen LogP contribution is 2.27. The van der Waals surface area contributed by atoms with E-state index in [-0.39, 0.29) is 12.2 Å². The van der Waals surface area contributed by atoms with Crippen LogP contribution in [0.1, 0.15) is 43.1 Å². The van der Waals surface area contributed by atoms with E-state index in [2.05, 4.69) is 17.2 Å². The third-order valence-electron chi connectivity index (χ3n) is 6.60. The maximum absolute atomic E-state index is 13.1. The van der Waals surface area contributed by atoms with Gasteiger partial charge >= 0.3 is 5.97 Å². The third-order valence-corrected chi connectivity index (χ3v) is 7.71. The predicted octanol–water partition coefficient (Wildman–Crippen LogP) is 6.33. The molecule has 0 saturated heterocycles. The molecular weight excluding hydrogens is 518 g/mol. The number of aryl methyl sites for hydroxylation is 1. The van der Waals surface area contributed by atoms with Gasteiger partial charge in [0.05, 0.1) is 4.88 Å². The molecule has 0 bridgehead atoms. The van der Waals surface area contributed by atoms with Gasteiger partial charge in [-0.3, -0.25) is 4.79 Å². The first-order chi connectivity index (χ1) is 19.3. The van der Waals surface area contributed by atoms with Crippen LogP contribution in [-0.4, -0.2) is 28.1 Å². The van der Waals surface area contributed by atoms with Gasteiger partial charge in [-0.05, 0) is 84.0 Å². The molecule has 1 atom stereocenters. The zero-order valence-electron chi connectivity index (χ0n) is 21.8. The van der Waals surface area contributed by atoms with E-state index in [0.717, 1.165) is 43.5 Å². The number of thiophene rings is 1. The van der Waals surface area contributed by atoms with Crippen LogP contribution in [0.2, 0.25) is 0 Å². The number of benzene rings is 4. The van der Waals surface area contributed by atoms with Crippen molar-refractivity contribution in [2.45, 2.75) is 25.8 Å². The highest BCUT2D eigenvalue weighted by Gasteiger charge is 2.23. The van der Waals surface area contributed by atoms with Crippen molar-refractivity contribution < 1.29 is 19.8 Å². The monoisotopic (exact) mass is 545 g/mol. The number of phenolic OH excluding ortho intramolecular Hbond substituents is 1. The van der Waals surface area contributed by atoms with Crippen molar-refractivity contribution in [2.24, 2.45) is 0 Å². The Morgan fingerprint density at radius 1 is 0.850 bits per heavy atom. The van der Waals surface area contributed by atoms with E-state index in [0.29, 0.717) is 11.3 Å². The summed E-state index contributed by atoms with van der Waals surface area (Å²) >= 11 is 1.31. The fraction of sp³-hybridized carbons (Fsp3) is 0.118. The van der Waals surface area contributed by atoms with Gasteiger partial charge < -0.3 is 15.5 Å². The Balaban J connectivity index is 1.33. The molecule has 3 N–H and O–H groups in total. The molecule has 198 valence electrons. The number of aliphatic carboxylic acids is 1. The summed E-state index contributed by atoms with van der Waals surface area (Å²) in [6.07, 6.45) is 0.628. The van der Waals surface area contributed by atoms with E-state index in [9.17, 15) is 19.8 Å². The Morgan fingerprint density at radius 3 is 2.35 bits per heavy atom. The van der Waals surface area contributed by atoms with Gasteiger partial charge in [-0.25, -0.2) is 4.79 Å². The fourth-order valence-corrected chi connectivity index (χ4v) is 5.40. The van der Waals surface area contributed by atoms with Gasteiger partial charge in [0.25, 0.3) is 5.91 Å². The Kier molecular flexibility index (Phi) is 7.95. The maximum atomic E-state index is 13.1. The Morgan fingerprint density at radius 2 is 1.60 bits per heavy atom. The summed E-state index contributed by atoms with van der Waals surface area (Å²) in [5.74, 6) is 4.84. The van der Waals surface area contributed by atoms with Gasteiger partial charge in [-0.15, -0.1) is 11.3 Å². The van der Waals surface area contributed by atoms with Crippen LogP contribution in [-0.2, 0) is 17.6 Å². The van der Waals surface area contributed by atoms with E-state index in [1.165, 1.54) is 11.3 Å². The van der Waals surface area contributed by atoms with Crippen molar-refractivity contribution in [3.05, 3.63) is 135 Å². The van der Waals surface area contributed by atoms with Crippen molar-refractivity contribution in [3.8, 4) is 17.6 Å². The number of carbonyl (C=O) groups excluding carboxylic acids is 1. The minimum atomic E-state index is -1.13. The fourth-order valence-electron chi connectivity index (χ4n) is 4.45. The van der Waals surface area contributed by atoms with Gasteiger partial charge in [0.2, 0.25) is 0 Å². The number of rotatable bonds is 7. The van der Waals surface area contributed by atoms with E-state index in [4.69, 9.17) is 0 Å². The lowest BCUT2D eigenvalue weighted by molar-refractivity contribution is -0.139. The topological polar surface area (TPSA) is 86.6 Å². The third kappa shape index (κ3) is 6.58. The molecule has 0 aliphatic carbocycles. The first kappa shape index (κ1) is 26.7. The van der Waals surface area contributed by atoms with Crippen LogP contribution in [0.3, 0.4) is 0 Å². The van der Waals surface area contributed by atoms with Crippen LogP contribution in [0.15, 0.2) is 97.1 Å². The molecule has 5 aromatic rings. The number of fused-ring (bicyclic) bond motifs is 1. The van der Waals surface area contributed by atoms with Crippen molar-refractivity contribution in [1.29, 1.82) is 0 Å². The summed E-state index contributed by atoms with van der Waals surface area (Å²) in [4.78, 5) is 25.8. The average Bonchev–Trinajstić information content (AvgIpc) is 3.38. The lowest BCUT2D eigenvalue weighted by atomic mass is 9.94. The quantitative estimate of drug-likeness (QED) is 0.209. The molecule has 4 aromatic carbocycles. The number of carboxylic acid groups (broad SMARTS) is 1. The molecule has 40 heavy (non-hydrogen) atoms. The van der Waals surface area contributed by atoms with E-state index >= 15 is 0 Å². The van der Waals surface area contributed by atoms with Crippen molar-refractivity contribution in [2.75, 3.05) is 0 Å². The number of carbonyl (C=O) groups is 2. The number of hydrogen-bond acceptors (Lipinski definition) is 4. The zero-order valence-corrected chi connectivity index (χ0v) is 22.7. The van der Waals surface area contributed by atoms with Crippen LogP contribution in [0.5, 0.6) is 5.75 Å². The molecule has 0 radical (unpaired) electrons. The largest absolute Gasteiger partial charge is 0.508 e. The molecule has 1 heterocycles. The minimum Gasteiger partial charge on any atom is -0.508 e. The van der Waals surface area contributed by atoms with Gasteiger partial charge in [0, 0.05) is 22.2 Å². The van der Waals surface area contributed by atoms with Crippen LogP contribution in [0.4, 0.5) is 0 Å². The molecule has 0 saturated carbocycles. The molecule has 0 spiro atoms. The standard InChI is InChI=1S/C34H27NO4S/c1-22-7-9-24(10-8-22)17-27-19-29(36)15-14-26(27)20-30(34(38)39)35-33(37)32-21-28-18-25(13-16-31(28)40-32)12-11-23-5-3-2-4-6-23/h2-10,13-16,18-19,21,30,36H,17,20H2,1H3,(H,35,37)(H,38,39)/t30-/m0/s1. The lowest BCUT2D eigenvalue weighted by Gasteiger charge is -2.17. The molecule has 0 aliphatic heterocycles. The van der Waals surface area contributed by atoms with Crippen molar-refractivity contribution >= 4 is 33.3 Å². The SMILES string of the molecule is Cc1ccc(Cc2cc(O)ccc2C[C@H](NC(=O)c2cc3cc(C#Cc4ccccc4)ccc3s2)C(=O)O)cc1. The number of aromatic hydroxyl groups is 1. The number of nitrogens with one attached hydrogen (secondary N) is 1. The summed E-state index contributed by atoms with van der Waals surface area (Å²) in [5.41, 5.74) is 5.51. The molecule has 5 rings (SSSR count). The van der Waals surface area contributed by atoms with Gasteiger partial charge in [-0.1, -0.05) is 65.9 Å². The van der Waals surface area contributed by atoms with E-state index in [1.54, 1.807) is 24.3 Å². The maximum Gasteiger partial charge on any atom is 0.326 e. The van der Waals surface area contributed by atoms with E-state index < -0.39 is 17.9 Å². The number of phenols is 1. The van der Waals surface area contributed by atoms with Gasteiger partial charge in [-0.2, -0.15) is 0 Å². The highest BCUT2D eigenvalue weighted by atomic mass is 32.1. The first-order valence-corrected chi connectivity index (χ1v) is 13.7. The molecule has 1 amide bonds. The minimum absolute atomic E-state index is 0.0899. The summed E-state index contributed by atoms with van der Waals surface area (Å²) in [6, 6.07) is 29.1. The first-order valence-electron chi connectivity index (χ1n) is 12.8. The Bertz CT molecular complexity index is 1740. The normalized spacial score (nSPS) is 11.4. The predicted molar refractivity (Wildman–Crippen MR) is 159 cm³/mol. The van der Waals surface area contributed by atoms with Crippen LogP contribution in [0.25, 0.3) is 10.1 Å². The molecule has 6 heteroatoms. The molecular formula is C34H27NO4S. The second-order valence-electron chi connectivity index (χ2n) is 9.66. The van der Waals surface area contributed by atoms with Crippen LogP contribution in [0, 0.1) is 18.8 Å². The molecule has 0 unspecified atom stereocenters. The van der Waals surface area contributed by atoms with Gasteiger partial charge in [0.15, 0.2) is 0 Å². The van der Waals surface area contributed by atoms with E-state index in [1.807, 2.05) is 79.7 Å². The summed E-state index contributed by atoms with van der Waals surface area (Å²) < 4.78 is 0.918. The Hall–Kier alpha value is -4.86. The molecule has 5 nitrogen and oxygen atoms in total. The van der Waals surface area contributed by atoms with Crippen molar-refractivity contribution in [3.63, 3.8) is 0 Å². The van der Waals surface area contributed by atoms with Crippen molar-refractivity contribution in [1.82, 2.24) is 5.32 Å². The number of carboxylic acids is 1. The highest BCUT2D eigenvalue weighted by molar-refractivity contribution is 7.20. The zero-order chi connectivity index (χ0) is 28.1. The summed E-state index contributed by atoms with van der Waals surface area (Å²) in [5, 5.41) is 23.6. The van der Waals surface area contributed by atoms with Gasteiger partial charge in [0.1, 0.15) is 11.8 Å².